The van der Waals surface area contributed by atoms with Gasteiger partial charge in [0.25, 0.3) is 0 Å². The summed E-state index contributed by atoms with van der Waals surface area (Å²) in [6.07, 6.45) is -16.2. The largest absolute Gasteiger partial charge is 0.397 e. The molecule has 4 saturated carbocycles. The number of morpholine rings is 1. The summed E-state index contributed by atoms with van der Waals surface area (Å²) in [5.41, 5.74) is -1.80. The van der Waals surface area contributed by atoms with Crippen LogP contribution in [0.25, 0.3) is 0 Å². The van der Waals surface area contributed by atoms with Crippen LogP contribution in [0.1, 0.15) is 188 Å². The van der Waals surface area contributed by atoms with Gasteiger partial charge in [0.1, 0.15) is 72.1 Å². The topological polar surface area (TPSA) is 300 Å². The molecule has 34 heteroatoms. The first-order valence-corrected chi connectivity index (χ1v) is 39.8. The fourth-order valence-electron chi connectivity index (χ4n) is 18.1. The second-order valence-corrected chi connectivity index (χ2v) is 33.1. The second kappa shape index (κ2) is 38.2. The SMILES string of the molecule is CC[C@H](C)[C@@H]1NC(=O)[C@H](CC(C)C)N(C)C(=O)C[C@@H](C(=O)N2CCOCC2)N(C)C(=O)[C@H](C2CCCC2)N(C)C(=O)C2(CCCC2)NC(=O)[C@@H]2[C@@H](O)CCN2C(=O)[C@H](CCC2CC(F)C(C(F)(F)F)C(F)C2)NC(=O)CN(C)C(=O)[C@H](CC2CCC(C(F)(F)F)CC2)N2CCCCC[C@@H](C2=O)N(C)C(=O)CN(C)C1=O. The Morgan fingerprint density at radius 3 is 1.78 bits per heavy atom. The van der Waals surface area contributed by atoms with Gasteiger partial charge >= 0.3 is 12.4 Å². The molecule has 4 saturated heterocycles. The number of likely N-dealkylation sites (N-methyl/N-ethyl adjacent to an activating group) is 6. The number of nitrogens with one attached hydrogen (secondary N) is 3. The van der Waals surface area contributed by atoms with E-state index in [1.807, 2.05) is 13.8 Å². The highest BCUT2D eigenvalue weighted by molar-refractivity contribution is 6.01. The van der Waals surface area contributed by atoms with Gasteiger partial charge in [-0.2, -0.15) is 26.3 Å². The van der Waals surface area contributed by atoms with Gasteiger partial charge in [-0.3, -0.25) is 57.5 Å². The molecule has 26 nitrogen and oxygen atoms in total. The van der Waals surface area contributed by atoms with Gasteiger partial charge in [-0.05, 0) is 139 Å². The molecule has 0 aromatic carbocycles. The highest BCUT2D eigenvalue weighted by Crippen LogP contribution is 2.46. The molecule has 1 spiro atoms. The summed E-state index contributed by atoms with van der Waals surface area (Å²) >= 11 is 0. The third kappa shape index (κ3) is 21.3. The lowest BCUT2D eigenvalue weighted by Crippen LogP contribution is -2.66. The van der Waals surface area contributed by atoms with Crippen LogP contribution in [0, 0.1) is 41.4 Å². The zero-order valence-corrected chi connectivity index (χ0v) is 65.5. The number of fused-ring (bicyclic) bond motifs is 3. The van der Waals surface area contributed by atoms with Gasteiger partial charge in [-0.15, -0.1) is 0 Å². The van der Waals surface area contributed by atoms with Gasteiger partial charge in [0, 0.05) is 68.5 Å². The van der Waals surface area contributed by atoms with E-state index in [1.165, 1.54) is 61.9 Å². The van der Waals surface area contributed by atoms with Gasteiger partial charge in [-0.1, -0.05) is 72.6 Å². The maximum Gasteiger partial charge on any atom is 0.397 e. The Bertz CT molecular complexity index is 3250. The quantitative estimate of drug-likeness (QED) is 0.181. The zero-order valence-electron chi connectivity index (χ0n) is 65.5. The van der Waals surface area contributed by atoms with Crippen LogP contribution in [0.4, 0.5) is 35.1 Å². The summed E-state index contributed by atoms with van der Waals surface area (Å²) < 4.78 is 121. The van der Waals surface area contributed by atoms with Crippen molar-refractivity contribution in [3.8, 4) is 0 Å². The first-order chi connectivity index (χ1) is 51.7. The van der Waals surface area contributed by atoms with Crippen LogP contribution in [0.3, 0.4) is 0 Å². The fraction of sp³-hybridized carbons (Fsp3) is 0.842. The number of ether oxygens (including phenoxy) is 1. The number of amides is 12. The van der Waals surface area contributed by atoms with E-state index in [-0.39, 0.29) is 116 Å². The number of aliphatic hydroxyl groups is 1. The summed E-state index contributed by atoms with van der Waals surface area (Å²) in [6.45, 7) is 5.62. The maximum absolute atomic E-state index is 15.8. The van der Waals surface area contributed by atoms with Gasteiger partial charge in [0.2, 0.25) is 70.9 Å². The summed E-state index contributed by atoms with van der Waals surface area (Å²) in [5, 5.41) is 20.1. The molecule has 4 aliphatic carbocycles. The van der Waals surface area contributed by atoms with E-state index in [0.29, 0.717) is 64.2 Å². The molecule has 8 fully saturated rings. The molecule has 0 aromatic rings. The summed E-state index contributed by atoms with van der Waals surface area (Å²) in [5.74, 6) is -17.4. The lowest BCUT2D eigenvalue weighted by atomic mass is 9.76. The molecule has 622 valence electrons. The van der Waals surface area contributed by atoms with Gasteiger partial charge in [0.05, 0.1) is 44.7 Å². The molecule has 8 aliphatic rings. The Hall–Kier alpha value is -7.00. The predicted octanol–water partition coefficient (Wildman–Crippen LogP) is 5.69. The number of carbonyl (C=O) groups is 12. The average Bonchev–Trinajstić information content (AvgIpc) is 1.55. The second-order valence-electron chi connectivity index (χ2n) is 33.1. The summed E-state index contributed by atoms with van der Waals surface area (Å²) in [7, 11) is 8.03. The molecule has 4 aliphatic heterocycles. The van der Waals surface area contributed by atoms with Crippen molar-refractivity contribution in [2.75, 3.05) is 94.8 Å². The highest BCUT2D eigenvalue weighted by Gasteiger charge is 2.56. The van der Waals surface area contributed by atoms with Gasteiger partial charge < -0.3 is 69.9 Å². The lowest BCUT2D eigenvalue weighted by molar-refractivity contribution is -0.219. The number of rotatable bonds is 11. The van der Waals surface area contributed by atoms with Crippen LogP contribution in [0.2, 0.25) is 0 Å². The minimum atomic E-state index is -5.23. The Morgan fingerprint density at radius 1 is 0.582 bits per heavy atom. The van der Waals surface area contributed by atoms with Crippen molar-refractivity contribution in [3.63, 3.8) is 0 Å². The van der Waals surface area contributed by atoms with Crippen molar-refractivity contribution in [2.24, 2.45) is 41.4 Å². The normalized spacial score (nSPS) is 32.5. The number of halogens is 8. The Labute approximate surface area is 640 Å². The van der Waals surface area contributed by atoms with Crippen molar-refractivity contribution in [3.05, 3.63) is 0 Å². The smallest absolute Gasteiger partial charge is 0.390 e. The number of aliphatic hydroxyl groups excluding tert-OH is 1. The van der Waals surface area contributed by atoms with Crippen molar-refractivity contribution >= 4 is 70.9 Å². The molecule has 0 aromatic heterocycles. The standard InChI is InChI=1S/C76H118F8N12O14/c1-11-45(4)62-71(107)89(6)43-60(100)90(7)53-21-13-12-18-31-95(70(53)106)56(40-46-22-25-49(26-23-46)75(79,80)81)68(104)88(5)42-58(98)85-52(27-24-47-38-50(77)61(51(78)39-47)76(82,83)84)67(103)96-32-28-57(97)64(96)66(102)87-74(29-16-17-30-74)73(109)93(10)63(48-19-14-15-20-48)72(108)92(9)55(69(105)94-33-35-110-36-34-94)41-59(99)91(8)54(37-44(2)3)65(101)86-62/h44-57,61-64,97H,11-43H2,1-10H3,(H,85,98)(H,86,101)(H,87,102)/t45-,46?,47?,49?,50?,51?,52-,53-,54-,55-,56-,57-,61?,62-,63-,64-/m0/s1. The van der Waals surface area contributed by atoms with E-state index in [2.05, 4.69) is 16.0 Å². The van der Waals surface area contributed by atoms with E-state index < -0.39 is 230 Å². The first-order valence-electron chi connectivity index (χ1n) is 39.8. The molecular formula is C76H118F8N12O14. The average molecular weight is 1580 g/mol. The Kier molecular flexibility index (Phi) is 30.8. The lowest BCUT2D eigenvalue weighted by Gasteiger charge is -2.42. The van der Waals surface area contributed by atoms with Crippen LogP contribution >= 0.6 is 0 Å². The zero-order chi connectivity index (χ0) is 81.2. The van der Waals surface area contributed by atoms with E-state index in [9.17, 15) is 45.8 Å². The third-order valence-corrected chi connectivity index (χ3v) is 25.0. The van der Waals surface area contributed by atoms with E-state index in [0.717, 1.165) is 24.5 Å². The van der Waals surface area contributed by atoms with Crippen molar-refractivity contribution in [1.82, 2.24) is 60.0 Å². The Morgan fingerprint density at radius 2 is 1.19 bits per heavy atom. The van der Waals surface area contributed by atoms with Crippen LogP contribution in [0.5, 0.6) is 0 Å². The van der Waals surface area contributed by atoms with Crippen LogP contribution in [0.15, 0.2) is 0 Å². The maximum atomic E-state index is 15.8. The number of carbonyl (C=O) groups excluding carboxylic acids is 12. The van der Waals surface area contributed by atoms with Crippen molar-refractivity contribution in [1.29, 1.82) is 0 Å². The van der Waals surface area contributed by atoms with Crippen LogP contribution in [-0.4, -0.2) is 300 Å². The minimum absolute atomic E-state index is 0.00178. The van der Waals surface area contributed by atoms with E-state index >= 15 is 51.9 Å². The third-order valence-electron chi connectivity index (χ3n) is 25.0. The molecule has 4 heterocycles. The number of alkyl halides is 8. The summed E-state index contributed by atoms with van der Waals surface area (Å²) in [6, 6.07) is -11.8. The van der Waals surface area contributed by atoms with Crippen LogP contribution < -0.4 is 16.0 Å². The summed E-state index contributed by atoms with van der Waals surface area (Å²) in [4.78, 5) is 193. The molecule has 12 amide bonds. The molecule has 110 heavy (non-hydrogen) atoms. The van der Waals surface area contributed by atoms with E-state index in [1.54, 1.807) is 13.8 Å². The van der Waals surface area contributed by atoms with Crippen molar-refractivity contribution < 1.29 is 103 Å². The van der Waals surface area contributed by atoms with Crippen molar-refractivity contribution in [2.45, 2.75) is 273 Å². The number of nitrogens with zero attached hydrogens (tertiary/aromatic N) is 9. The molecule has 2 unspecified atom stereocenters. The van der Waals surface area contributed by atoms with Gasteiger partial charge in [0.15, 0.2) is 0 Å². The van der Waals surface area contributed by atoms with E-state index in [4.69, 9.17) is 4.74 Å². The first kappa shape index (κ1) is 88.6. The van der Waals surface area contributed by atoms with Crippen LogP contribution in [-0.2, 0) is 62.3 Å². The molecular weight excluding hydrogens is 1460 g/mol. The molecule has 2 bridgehead atoms. The number of hydrogen-bond donors (Lipinski definition) is 4. The van der Waals surface area contributed by atoms with Gasteiger partial charge in [-0.25, -0.2) is 8.78 Å². The Balaban J connectivity index is 1.20. The monoisotopic (exact) mass is 1570 g/mol. The molecule has 4 N–H and O–H groups in total. The molecule has 12 atom stereocenters. The molecule has 0 radical (unpaired) electrons. The number of hydrogen-bond acceptors (Lipinski definition) is 14. The molecule has 8 rings (SSSR count). The fourth-order valence-corrected chi connectivity index (χ4v) is 18.1. The minimum Gasteiger partial charge on any atom is -0.390 e. The predicted molar refractivity (Wildman–Crippen MR) is 385 cm³/mol. The highest BCUT2D eigenvalue weighted by atomic mass is 19.4.